The SMILES string of the molecule is COc1ccc(CN2C(=O)c3[nH]nc(-c4cc(Cl)c(C)cc4O)c3C2c2ccc(C(C)C)cc2)cc1. The molecule has 2 N–H and O–H groups in total. The van der Waals surface area contributed by atoms with Gasteiger partial charge in [0.2, 0.25) is 0 Å². The Balaban J connectivity index is 1.64. The minimum absolute atomic E-state index is 0.0705. The first-order chi connectivity index (χ1) is 17.3. The van der Waals surface area contributed by atoms with Gasteiger partial charge in [-0.25, -0.2) is 0 Å². The summed E-state index contributed by atoms with van der Waals surface area (Å²) < 4.78 is 5.29. The fourth-order valence-electron chi connectivity index (χ4n) is 4.76. The highest BCUT2D eigenvalue weighted by Crippen LogP contribution is 2.46. The van der Waals surface area contributed by atoms with E-state index in [-0.39, 0.29) is 17.7 Å². The molecule has 4 aromatic rings. The monoisotopic (exact) mass is 501 g/mol. The Kier molecular flexibility index (Phi) is 6.22. The second-order valence-corrected chi connectivity index (χ2v) is 9.89. The maximum atomic E-state index is 13.7. The number of halogens is 1. The predicted molar refractivity (Wildman–Crippen MR) is 141 cm³/mol. The van der Waals surface area contributed by atoms with Gasteiger partial charge in [-0.2, -0.15) is 5.10 Å². The number of carbonyl (C=O) groups is 1. The van der Waals surface area contributed by atoms with Crippen LogP contribution in [0.3, 0.4) is 0 Å². The second-order valence-electron chi connectivity index (χ2n) is 9.48. The highest BCUT2D eigenvalue weighted by Gasteiger charge is 2.42. The number of rotatable bonds is 6. The standard InChI is InChI=1S/C29H28ClN3O3/c1-16(2)19-7-9-20(10-8-19)28-25-26(22-14-23(30)17(3)13-24(22)34)31-32-27(25)29(35)33(28)15-18-5-11-21(36-4)12-6-18/h5-14,16,28,34H,15H2,1-4H3,(H,31,32). The Labute approximate surface area is 215 Å². The number of benzene rings is 3. The summed E-state index contributed by atoms with van der Waals surface area (Å²) in [7, 11) is 1.63. The summed E-state index contributed by atoms with van der Waals surface area (Å²) in [4.78, 5) is 15.5. The Bertz CT molecular complexity index is 1430. The third-order valence-electron chi connectivity index (χ3n) is 6.83. The van der Waals surface area contributed by atoms with Gasteiger partial charge in [-0.15, -0.1) is 0 Å². The number of amides is 1. The van der Waals surface area contributed by atoms with E-state index < -0.39 is 0 Å². The molecule has 0 bridgehead atoms. The van der Waals surface area contributed by atoms with Gasteiger partial charge in [0, 0.05) is 22.7 Å². The van der Waals surface area contributed by atoms with Crippen LogP contribution in [0, 0.1) is 6.92 Å². The van der Waals surface area contributed by atoms with Gasteiger partial charge in [-0.3, -0.25) is 9.89 Å². The average Bonchev–Trinajstić information content (AvgIpc) is 3.41. The van der Waals surface area contributed by atoms with Gasteiger partial charge in [0.05, 0.1) is 13.2 Å². The molecule has 6 nitrogen and oxygen atoms in total. The predicted octanol–water partition coefficient (Wildman–Crippen LogP) is 6.62. The fraction of sp³-hybridized carbons (Fsp3) is 0.241. The van der Waals surface area contributed by atoms with Crippen LogP contribution in [-0.4, -0.2) is 33.2 Å². The number of nitrogens with zero attached hydrogens (tertiary/aromatic N) is 2. The van der Waals surface area contributed by atoms with Crippen molar-refractivity contribution in [3.8, 4) is 22.8 Å². The van der Waals surface area contributed by atoms with Gasteiger partial charge in [0.1, 0.15) is 22.9 Å². The molecule has 0 spiro atoms. The van der Waals surface area contributed by atoms with Gasteiger partial charge in [-0.1, -0.05) is 61.8 Å². The average molecular weight is 502 g/mol. The van der Waals surface area contributed by atoms with Crippen LogP contribution in [0.2, 0.25) is 5.02 Å². The number of methoxy groups -OCH3 is 1. The zero-order chi connectivity index (χ0) is 25.6. The number of H-pyrrole nitrogens is 1. The molecule has 7 heteroatoms. The smallest absolute Gasteiger partial charge is 0.273 e. The van der Waals surface area contributed by atoms with E-state index in [1.54, 1.807) is 19.2 Å². The minimum Gasteiger partial charge on any atom is -0.507 e. The minimum atomic E-state index is -0.385. The van der Waals surface area contributed by atoms with E-state index >= 15 is 0 Å². The largest absolute Gasteiger partial charge is 0.507 e. The lowest BCUT2D eigenvalue weighted by atomic mass is 9.93. The summed E-state index contributed by atoms with van der Waals surface area (Å²) >= 11 is 6.41. The van der Waals surface area contributed by atoms with E-state index in [4.69, 9.17) is 16.3 Å². The molecule has 3 aromatic carbocycles. The number of hydrogen-bond donors (Lipinski definition) is 2. The molecule has 0 radical (unpaired) electrons. The number of aromatic amines is 1. The van der Waals surface area contributed by atoms with Crippen LogP contribution >= 0.6 is 11.6 Å². The van der Waals surface area contributed by atoms with Gasteiger partial charge < -0.3 is 14.7 Å². The van der Waals surface area contributed by atoms with E-state index in [0.717, 1.165) is 28.0 Å². The molecule has 1 aliphatic rings. The quantitative estimate of drug-likeness (QED) is 0.311. The van der Waals surface area contributed by atoms with Gasteiger partial charge in [-0.05, 0) is 59.4 Å². The van der Waals surface area contributed by atoms with E-state index in [1.807, 2.05) is 36.1 Å². The Morgan fingerprint density at radius 1 is 1.11 bits per heavy atom. The molecule has 1 unspecified atom stereocenters. The lowest BCUT2D eigenvalue weighted by molar-refractivity contribution is 0.0730. The third-order valence-corrected chi connectivity index (χ3v) is 7.23. The summed E-state index contributed by atoms with van der Waals surface area (Å²) in [5.41, 5.74) is 6.12. The molecule has 0 aliphatic carbocycles. The number of aromatic nitrogens is 2. The summed E-state index contributed by atoms with van der Waals surface area (Å²) in [6.45, 7) is 6.54. The molecule has 36 heavy (non-hydrogen) atoms. The third kappa shape index (κ3) is 4.11. The lowest BCUT2D eigenvalue weighted by Gasteiger charge is -2.27. The number of phenolic OH excluding ortho intramolecular Hbond substituents is 1. The maximum Gasteiger partial charge on any atom is 0.273 e. The molecule has 0 fully saturated rings. The van der Waals surface area contributed by atoms with Crippen molar-refractivity contribution in [1.82, 2.24) is 15.1 Å². The fourth-order valence-corrected chi connectivity index (χ4v) is 4.92. The van der Waals surface area contributed by atoms with Crippen LogP contribution in [0.5, 0.6) is 11.5 Å². The first kappa shape index (κ1) is 23.9. The molecule has 184 valence electrons. The Morgan fingerprint density at radius 2 is 1.81 bits per heavy atom. The van der Waals surface area contributed by atoms with Crippen LogP contribution in [-0.2, 0) is 6.54 Å². The lowest BCUT2D eigenvalue weighted by Crippen LogP contribution is -2.29. The van der Waals surface area contributed by atoms with Crippen molar-refractivity contribution in [3.05, 3.63) is 99.2 Å². The zero-order valence-electron chi connectivity index (χ0n) is 20.7. The van der Waals surface area contributed by atoms with Crippen molar-refractivity contribution in [3.63, 3.8) is 0 Å². The van der Waals surface area contributed by atoms with Crippen LogP contribution in [0.15, 0.2) is 60.7 Å². The van der Waals surface area contributed by atoms with Gasteiger partial charge in [0.25, 0.3) is 5.91 Å². The zero-order valence-corrected chi connectivity index (χ0v) is 21.4. The first-order valence-corrected chi connectivity index (χ1v) is 12.3. The van der Waals surface area contributed by atoms with Crippen molar-refractivity contribution >= 4 is 17.5 Å². The van der Waals surface area contributed by atoms with Crippen LogP contribution in [0.4, 0.5) is 0 Å². The summed E-state index contributed by atoms with van der Waals surface area (Å²) in [5.74, 6) is 1.08. The number of nitrogens with one attached hydrogen (secondary N) is 1. The van der Waals surface area contributed by atoms with E-state index in [0.29, 0.717) is 34.4 Å². The van der Waals surface area contributed by atoms with E-state index in [9.17, 15) is 9.90 Å². The topological polar surface area (TPSA) is 78.5 Å². The van der Waals surface area contributed by atoms with Gasteiger partial charge in [0.15, 0.2) is 0 Å². The van der Waals surface area contributed by atoms with Crippen LogP contribution < -0.4 is 4.74 Å². The first-order valence-electron chi connectivity index (χ1n) is 11.9. The number of carbonyl (C=O) groups excluding carboxylic acids is 1. The summed E-state index contributed by atoms with van der Waals surface area (Å²) in [6.07, 6.45) is 0. The molecular weight excluding hydrogens is 474 g/mol. The Morgan fingerprint density at radius 3 is 2.44 bits per heavy atom. The number of ether oxygens (including phenoxy) is 1. The summed E-state index contributed by atoms with van der Waals surface area (Å²) in [5, 5.41) is 18.7. The molecule has 1 aromatic heterocycles. The highest BCUT2D eigenvalue weighted by molar-refractivity contribution is 6.31. The van der Waals surface area contributed by atoms with Crippen molar-refractivity contribution in [2.75, 3.05) is 7.11 Å². The van der Waals surface area contributed by atoms with Gasteiger partial charge >= 0.3 is 0 Å². The van der Waals surface area contributed by atoms with Crippen molar-refractivity contribution in [2.45, 2.75) is 39.3 Å². The van der Waals surface area contributed by atoms with E-state index in [1.165, 1.54) is 5.56 Å². The maximum absolute atomic E-state index is 13.7. The van der Waals surface area contributed by atoms with Crippen LogP contribution in [0.25, 0.3) is 11.3 Å². The molecule has 1 aliphatic heterocycles. The molecule has 2 heterocycles. The number of aromatic hydroxyl groups is 1. The summed E-state index contributed by atoms with van der Waals surface area (Å²) in [6, 6.07) is 19.0. The normalized spacial score (nSPS) is 15.0. The Hall–Kier alpha value is -3.77. The second kappa shape index (κ2) is 9.36. The molecule has 0 saturated carbocycles. The molecule has 0 saturated heterocycles. The van der Waals surface area contributed by atoms with Crippen LogP contribution in [0.1, 0.15) is 64.1 Å². The van der Waals surface area contributed by atoms with Crippen molar-refractivity contribution < 1.29 is 14.6 Å². The van der Waals surface area contributed by atoms with Crippen molar-refractivity contribution in [2.24, 2.45) is 0 Å². The van der Waals surface area contributed by atoms with Crippen molar-refractivity contribution in [1.29, 1.82) is 0 Å². The number of aryl methyl sites for hydroxylation is 1. The highest BCUT2D eigenvalue weighted by atomic mass is 35.5. The number of phenols is 1. The number of hydrogen-bond acceptors (Lipinski definition) is 4. The molecule has 1 amide bonds. The molecule has 1 atom stereocenters. The molecular formula is C29H28ClN3O3. The van der Waals surface area contributed by atoms with E-state index in [2.05, 4.69) is 48.3 Å². The number of fused-ring (bicyclic) bond motifs is 1. The molecule has 5 rings (SSSR count).